The van der Waals surface area contributed by atoms with Crippen LogP contribution in [0.2, 0.25) is 0 Å². The molecule has 180 valence electrons. The number of carbonyl (C=O) groups excluding carboxylic acids is 2. The number of aromatic hydroxyl groups is 2. The van der Waals surface area contributed by atoms with Gasteiger partial charge in [0.1, 0.15) is 28.4 Å². The van der Waals surface area contributed by atoms with Crippen molar-refractivity contribution < 1.29 is 24.2 Å². The maximum atomic E-state index is 13.8. The molecule has 1 saturated heterocycles. The van der Waals surface area contributed by atoms with E-state index in [-0.39, 0.29) is 28.6 Å². The van der Waals surface area contributed by atoms with E-state index in [9.17, 15) is 33.8 Å². The number of H-pyrrole nitrogens is 2. The quantitative estimate of drug-likeness (QED) is 0.296. The number of hydrogen-bond acceptors (Lipinski definition) is 8. The Labute approximate surface area is 200 Å². The van der Waals surface area contributed by atoms with Gasteiger partial charge in [-0.2, -0.15) is 0 Å². The Balaban J connectivity index is 1.60. The molecular formula is C22H18FN5O6S. The fraction of sp³-hybridized carbons (Fsp3) is 0.136. The van der Waals surface area contributed by atoms with Crippen molar-refractivity contribution in [2.75, 3.05) is 5.32 Å². The van der Waals surface area contributed by atoms with Crippen LogP contribution in [0.4, 0.5) is 10.1 Å². The molecule has 2 heterocycles. The van der Waals surface area contributed by atoms with Crippen LogP contribution in [-0.4, -0.2) is 42.4 Å². The SMILES string of the molecule is O=C(C[C@@H]1SC(=N[C@@H](c2ccc(O)cc2)c2c(O)[nH]c(=O)[nH]c2=O)NC1=O)Nc1ccccc1F. The topological polar surface area (TPSA) is 177 Å². The third kappa shape index (κ3) is 5.41. The Morgan fingerprint density at radius 2 is 1.80 bits per heavy atom. The minimum Gasteiger partial charge on any atom is -0.508 e. The Morgan fingerprint density at radius 3 is 2.49 bits per heavy atom. The van der Waals surface area contributed by atoms with Gasteiger partial charge in [-0.15, -0.1) is 0 Å². The number of hydrogen-bond donors (Lipinski definition) is 6. The summed E-state index contributed by atoms with van der Waals surface area (Å²) >= 11 is 0.917. The molecule has 1 aliphatic rings. The fourth-order valence-corrected chi connectivity index (χ4v) is 4.35. The van der Waals surface area contributed by atoms with Crippen molar-refractivity contribution in [1.29, 1.82) is 0 Å². The zero-order chi connectivity index (χ0) is 25.1. The molecule has 0 bridgehead atoms. The van der Waals surface area contributed by atoms with Gasteiger partial charge in [0.25, 0.3) is 5.56 Å². The summed E-state index contributed by atoms with van der Waals surface area (Å²) in [4.78, 5) is 57.2. The summed E-state index contributed by atoms with van der Waals surface area (Å²) in [5, 5.41) is 23.9. The summed E-state index contributed by atoms with van der Waals surface area (Å²) in [6.07, 6.45) is -0.280. The number of anilines is 1. The first-order valence-electron chi connectivity index (χ1n) is 10.2. The van der Waals surface area contributed by atoms with E-state index >= 15 is 0 Å². The van der Waals surface area contributed by atoms with Gasteiger partial charge >= 0.3 is 5.69 Å². The maximum absolute atomic E-state index is 13.8. The number of para-hydroxylation sites is 1. The Hall–Kier alpha value is -4.39. The van der Waals surface area contributed by atoms with Gasteiger partial charge in [-0.25, -0.2) is 14.2 Å². The number of aromatic nitrogens is 2. The first-order chi connectivity index (χ1) is 16.7. The summed E-state index contributed by atoms with van der Waals surface area (Å²) in [7, 11) is 0. The lowest BCUT2D eigenvalue weighted by atomic mass is 10.0. The van der Waals surface area contributed by atoms with E-state index in [4.69, 9.17) is 0 Å². The van der Waals surface area contributed by atoms with E-state index in [1.165, 1.54) is 42.5 Å². The first kappa shape index (κ1) is 23.8. The van der Waals surface area contributed by atoms with Gasteiger partial charge < -0.3 is 20.8 Å². The largest absolute Gasteiger partial charge is 0.508 e. The van der Waals surface area contributed by atoms with Crippen LogP contribution in [0.25, 0.3) is 0 Å². The molecule has 3 aromatic rings. The second-order valence-electron chi connectivity index (χ2n) is 7.43. The van der Waals surface area contributed by atoms with E-state index < -0.39 is 46.1 Å². The predicted molar refractivity (Wildman–Crippen MR) is 126 cm³/mol. The van der Waals surface area contributed by atoms with Crippen LogP contribution in [0.15, 0.2) is 63.1 Å². The van der Waals surface area contributed by atoms with Crippen LogP contribution in [0.5, 0.6) is 11.6 Å². The molecule has 1 aliphatic heterocycles. The van der Waals surface area contributed by atoms with Crippen molar-refractivity contribution in [2.24, 2.45) is 4.99 Å². The molecule has 0 aliphatic carbocycles. The van der Waals surface area contributed by atoms with E-state index in [2.05, 4.69) is 20.6 Å². The normalized spacial score (nSPS) is 17.2. The smallest absolute Gasteiger partial charge is 0.328 e. The number of phenols is 1. The standard InChI is InChI=1S/C22H18FN5O6S/c23-12-3-1-2-4-13(12)24-15(30)9-14-18(31)28-22(35-14)25-17(10-5-7-11(29)8-6-10)16-19(32)26-21(34)27-20(16)33/h1-8,14,17,29H,9H2,(H,24,30)(H,25,28,31)(H3,26,27,32,33,34)/t14-,17-/m0/s1. The summed E-state index contributed by atoms with van der Waals surface area (Å²) in [5.74, 6) is -2.50. The van der Waals surface area contributed by atoms with Crippen molar-refractivity contribution in [3.05, 3.63) is 86.3 Å². The number of halogens is 1. The molecule has 1 fully saturated rings. The zero-order valence-electron chi connectivity index (χ0n) is 17.7. The Kier molecular flexibility index (Phi) is 6.68. The van der Waals surface area contributed by atoms with Crippen molar-refractivity contribution in [1.82, 2.24) is 15.3 Å². The van der Waals surface area contributed by atoms with Gasteiger partial charge in [-0.3, -0.25) is 24.4 Å². The highest BCUT2D eigenvalue weighted by Gasteiger charge is 2.34. The van der Waals surface area contributed by atoms with Crippen molar-refractivity contribution in [2.45, 2.75) is 17.7 Å². The van der Waals surface area contributed by atoms with Gasteiger partial charge in [0.2, 0.25) is 17.7 Å². The lowest BCUT2D eigenvalue weighted by molar-refractivity contribution is -0.122. The van der Waals surface area contributed by atoms with Crippen LogP contribution in [0.3, 0.4) is 0 Å². The molecule has 0 unspecified atom stereocenters. The van der Waals surface area contributed by atoms with Crippen molar-refractivity contribution >= 4 is 34.4 Å². The number of thioether (sulfide) groups is 1. The molecule has 0 radical (unpaired) electrons. The van der Waals surface area contributed by atoms with Gasteiger partial charge in [0, 0.05) is 6.42 Å². The summed E-state index contributed by atoms with van der Waals surface area (Å²) in [6, 6.07) is 10.0. The number of benzene rings is 2. The average molecular weight is 499 g/mol. The van der Waals surface area contributed by atoms with Gasteiger partial charge in [0.15, 0.2) is 5.17 Å². The van der Waals surface area contributed by atoms with Crippen LogP contribution in [-0.2, 0) is 9.59 Å². The third-order valence-corrected chi connectivity index (χ3v) is 6.08. The van der Waals surface area contributed by atoms with Crippen LogP contribution in [0.1, 0.15) is 23.6 Å². The van der Waals surface area contributed by atoms with Crippen LogP contribution < -0.4 is 21.9 Å². The van der Waals surface area contributed by atoms with E-state index in [0.717, 1.165) is 11.8 Å². The minimum atomic E-state index is -1.18. The van der Waals surface area contributed by atoms with Gasteiger partial charge in [-0.1, -0.05) is 36.0 Å². The predicted octanol–water partition coefficient (Wildman–Crippen LogP) is 1.32. The molecule has 2 atom stereocenters. The minimum absolute atomic E-state index is 0.0186. The van der Waals surface area contributed by atoms with E-state index in [1.54, 1.807) is 6.07 Å². The lowest BCUT2D eigenvalue weighted by Gasteiger charge is -2.14. The highest BCUT2D eigenvalue weighted by Crippen LogP contribution is 2.32. The number of carbonyl (C=O) groups is 2. The molecule has 2 aromatic carbocycles. The molecule has 13 heteroatoms. The first-order valence-corrected chi connectivity index (χ1v) is 11.0. The van der Waals surface area contributed by atoms with E-state index in [0.29, 0.717) is 5.56 Å². The molecule has 11 nitrogen and oxygen atoms in total. The second-order valence-corrected chi connectivity index (χ2v) is 8.62. The number of aliphatic imine (C=N–C) groups is 1. The number of rotatable bonds is 6. The lowest BCUT2D eigenvalue weighted by Crippen LogP contribution is -2.29. The summed E-state index contributed by atoms with van der Waals surface area (Å²) in [6.45, 7) is 0. The van der Waals surface area contributed by atoms with Gasteiger partial charge in [-0.05, 0) is 29.8 Å². The number of nitrogens with zero attached hydrogens (tertiary/aromatic N) is 1. The Morgan fingerprint density at radius 1 is 1.09 bits per heavy atom. The second kappa shape index (κ2) is 9.85. The van der Waals surface area contributed by atoms with Gasteiger partial charge in [0.05, 0.1) is 5.69 Å². The molecule has 6 N–H and O–H groups in total. The fourth-order valence-electron chi connectivity index (χ4n) is 3.35. The zero-order valence-corrected chi connectivity index (χ0v) is 18.6. The van der Waals surface area contributed by atoms with Crippen LogP contribution >= 0.6 is 11.8 Å². The summed E-state index contributed by atoms with van der Waals surface area (Å²) < 4.78 is 13.8. The van der Waals surface area contributed by atoms with Crippen molar-refractivity contribution in [3.63, 3.8) is 0 Å². The average Bonchev–Trinajstić information content (AvgIpc) is 3.13. The molecule has 1 aromatic heterocycles. The Bertz CT molecular complexity index is 1440. The molecule has 2 amide bonds. The van der Waals surface area contributed by atoms with Crippen molar-refractivity contribution in [3.8, 4) is 11.6 Å². The summed E-state index contributed by atoms with van der Waals surface area (Å²) in [5.41, 5.74) is -1.77. The monoisotopic (exact) mass is 499 g/mol. The molecular weight excluding hydrogens is 481 g/mol. The maximum Gasteiger partial charge on any atom is 0.328 e. The number of nitrogens with one attached hydrogen (secondary N) is 4. The molecule has 4 rings (SSSR count). The molecule has 35 heavy (non-hydrogen) atoms. The highest BCUT2D eigenvalue weighted by atomic mass is 32.2. The highest BCUT2D eigenvalue weighted by molar-refractivity contribution is 8.15. The molecule has 0 spiro atoms. The number of phenolic OH excluding ortho intramolecular Hbond substituents is 1. The third-order valence-electron chi connectivity index (χ3n) is 4.98. The molecule has 0 saturated carbocycles. The van der Waals surface area contributed by atoms with Crippen LogP contribution in [0, 0.1) is 5.82 Å². The number of amides is 2. The number of aromatic amines is 2. The van der Waals surface area contributed by atoms with E-state index in [1.807, 2.05) is 4.98 Å². The number of amidine groups is 1.